The molecule has 1 aromatic heterocycles. The van der Waals surface area contributed by atoms with E-state index in [1.54, 1.807) is 0 Å². The summed E-state index contributed by atoms with van der Waals surface area (Å²) in [5.74, 6) is 1.72. The standard InChI is InChI=1S/C16H25BrN2/c1-3-12-5-7-13(8-6-12)16(19-4-2)14-9-15(17)11-18-10-14/h9-13,16,19H,3-8H2,1-2H3. The van der Waals surface area contributed by atoms with Gasteiger partial charge in [-0.3, -0.25) is 4.98 Å². The predicted molar refractivity (Wildman–Crippen MR) is 84.1 cm³/mol. The van der Waals surface area contributed by atoms with Crippen molar-refractivity contribution >= 4 is 15.9 Å². The van der Waals surface area contributed by atoms with Gasteiger partial charge in [0.2, 0.25) is 0 Å². The minimum Gasteiger partial charge on any atom is -0.310 e. The third-order valence-corrected chi connectivity index (χ3v) is 4.88. The maximum absolute atomic E-state index is 4.33. The van der Waals surface area contributed by atoms with E-state index in [-0.39, 0.29) is 0 Å². The molecule has 19 heavy (non-hydrogen) atoms. The number of hydrogen-bond acceptors (Lipinski definition) is 2. The molecule has 0 radical (unpaired) electrons. The molecule has 0 amide bonds. The van der Waals surface area contributed by atoms with Gasteiger partial charge in [-0.25, -0.2) is 0 Å². The van der Waals surface area contributed by atoms with E-state index >= 15 is 0 Å². The molecular formula is C16H25BrN2. The number of halogens is 1. The molecule has 1 heterocycles. The molecule has 1 unspecified atom stereocenters. The maximum Gasteiger partial charge on any atom is 0.0410 e. The smallest absolute Gasteiger partial charge is 0.0410 e. The largest absolute Gasteiger partial charge is 0.310 e. The minimum atomic E-state index is 0.466. The van der Waals surface area contributed by atoms with E-state index in [0.29, 0.717) is 6.04 Å². The lowest BCUT2D eigenvalue weighted by atomic mass is 9.76. The van der Waals surface area contributed by atoms with E-state index in [1.165, 1.54) is 37.7 Å². The van der Waals surface area contributed by atoms with Gasteiger partial charge in [0, 0.05) is 22.9 Å². The zero-order chi connectivity index (χ0) is 13.7. The highest BCUT2D eigenvalue weighted by Crippen LogP contribution is 2.38. The van der Waals surface area contributed by atoms with E-state index in [2.05, 4.69) is 46.1 Å². The topological polar surface area (TPSA) is 24.9 Å². The average Bonchev–Trinajstić information content (AvgIpc) is 2.45. The van der Waals surface area contributed by atoms with Crippen molar-refractivity contribution in [3.8, 4) is 0 Å². The van der Waals surface area contributed by atoms with Gasteiger partial charge in [-0.15, -0.1) is 0 Å². The van der Waals surface area contributed by atoms with Gasteiger partial charge in [-0.1, -0.05) is 33.1 Å². The van der Waals surface area contributed by atoms with Crippen LogP contribution in [-0.2, 0) is 0 Å². The number of pyridine rings is 1. The summed E-state index contributed by atoms with van der Waals surface area (Å²) in [7, 11) is 0. The van der Waals surface area contributed by atoms with Crippen LogP contribution in [0.4, 0.5) is 0 Å². The van der Waals surface area contributed by atoms with E-state index < -0.39 is 0 Å². The highest BCUT2D eigenvalue weighted by molar-refractivity contribution is 9.10. The Morgan fingerprint density at radius 3 is 2.58 bits per heavy atom. The van der Waals surface area contributed by atoms with Crippen molar-refractivity contribution < 1.29 is 0 Å². The summed E-state index contributed by atoms with van der Waals surface area (Å²) in [5.41, 5.74) is 1.33. The second kappa shape index (κ2) is 7.39. The summed E-state index contributed by atoms with van der Waals surface area (Å²) < 4.78 is 1.08. The fraction of sp³-hybridized carbons (Fsp3) is 0.688. The lowest BCUT2D eigenvalue weighted by Gasteiger charge is -2.34. The normalized spacial score (nSPS) is 25.2. The highest BCUT2D eigenvalue weighted by Gasteiger charge is 2.27. The van der Waals surface area contributed by atoms with Crippen LogP contribution in [0.5, 0.6) is 0 Å². The van der Waals surface area contributed by atoms with Gasteiger partial charge in [-0.2, -0.15) is 0 Å². The van der Waals surface area contributed by atoms with Gasteiger partial charge in [0.25, 0.3) is 0 Å². The van der Waals surface area contributed by atoms with E-state index in [9.17, 15) is 0 Å². The number of nitrogens with zero attached hydrogens (tertiary/aromatic N) is 1. The zero-order valence-electron chi connectivity index (χ0n) is 12.0. The monoisotopic (exact) mass is 324 g/mol. The third kappa shape index (κ3) is 4.03. The van der Waals surface area contributed by atoms with Crippen LogP contribution in [-0.4, -0.2) is 11.5 Å². The first-order valence-corrected chi connectivity index (χ1v) is 8.37. The molecule has 1 aliphatic carbocycles. The van der Waals surface area contributed by atoms with E-state index in [0.717, 1.165) is 22.9 Å². The SMILES string of the molecule is CCNC(c1cncc(Br)c1)C1CCC(CC)CC1. The summed E-state index contributed by atoms with van der Waals surface area (Å²) in [4.78, 5) is 4.33. The first kappa shape index (κ1) is 15.0. The van der Waals surface area contributed by atoms with E-state index in [4.69, 9.17) is 0 Å². The summed E-state index contributed by atoms with van der Waals surface area (Å²) in [6, 6.07) is 2.68. The molecule has 106 valence electrons. The van der Waals surface area contributed by atoms with Crippen LogP contribution >= 0.6 is 15.9 Å². The van der Waals surface area contributed by atoms with Crippen LogP contribution in [0.2, 0.25) is 0 Å². The first-order valence-electron chi connectivity index (χ1n) is 7.58. The quantitative estimate of drug-likeness (QED) is 0.848. The Bertz CT molecular complexity index is 386. The van der Waals surface area contributed by atoms with Gasteiger partial charge in [0.1, 0.15) is 0 Å². The van der Waals surface area contributed by atoms with Crippen LogP contribution < -0.4 is 5.32 Å². The van der Waals surface area contributed by atoms with Gasteiger partial charge >= 0.3 is 0 Å². The molecule has 3 heteroatoms. The second-order valence-corrected chi connectivity index (χ2v) is 6.58. The second-order valence-electron chi connectivity index (χ2n) is 5.66. The fourth-order valence-electron chi connectivity index (χ4n) is 3.30. The molecule has 0 aromatic carbocycles. The van der Waals surface area contributed by atoms with Gasteiger partial charge in [-0.05, 0) is 58.8 Å². The van der Waals surface area contributed by atoms with Crippen LogP contribution in [0.1, 0.15) is 57.6 Å². The maximum atomic E-state index is 4.33. The Hall–Kier alpha value is -0.410. The van der Waals surface area contributed by atoms with Crippen molar-refractivity contribution in [3.63, 3.8) is 0 Å². The molecule has 1 saturated carbocycles. The number of hydrogen-bond donors (Lipinski definition) is 1. The summed E-state index contributed by atoms with van der Waals surface area (Å²) in [6.07, 6.45) is 10.7. The Labute approximate surface area is 125 Å². The first-order chi connectivity index (χ1) is 9.24. The number of rotatable bonds is 5. The fourth-order valence-corrected chi connectivity index (χ4v) is 3.69. The third-order valence-electron chi connectivity index (χ3n) is 4.45. The molecule has 1 aliphatic rings. The van der Waals surface area contributed by atoms with Crippen LogP contribution in [0, 0.1) is 11.8 Å². The molecule has 0 aliphatic heterocycles. The molecule has 2 nitrogen and oxygen atoms in total. The van der Waals surface area contributed by atoms with Gasteiger partial charge in [0.05, 0.1) is 0 Å². The van der Waals surface area contributed by atoms with Crippen molar-refractivity contribution in [2.45, 2.75) is 52.0 Å². The lowest BCUT2D eigenvalue weighted by molar-refractivity contribution is 0.220. The molecule has 0 spiro atoms. The number of aromatic nitrogens is 1. The predicted octanol–water partition coefficient (Wildman–Crippen LogP) is 4.71. The van der Waals surface area contributed by atoms with Crippen molar-refractivity contribution in [1.82, 2.24) is 10.3 Å². The Balaban J connectivity index is 2.08. The van der Waals surface area contributed by atoms with Crippen LogP contribution in [0.3, 0.4) is 0 Å². The summed E-state index contributed by atoms with van der Waals surface area (Å²) in [5, 5.41) is 3.67. The van der Waals surface area contributed by atoms with Crippen molar-refractivity contribution in [3.05, 3.63) is 28.5 Å². The molecule has 0 saturated heterocycles. The van der Waals surface area contributed by atoms with Crippen molar-refractivity contribution in [2.24, 2.45) is 11.8 Å². The molecular weight excluding hydrogens is 300 g/mol. The highest BCUT2D eigenvalue weighted by atomic mass is 79.9. The number of nitrogens with one attached hydrogen (secondary N) is 1. The van der Waals surface area contributed by atoms with Gasteiger partial charge < -0.3 is 5.32 Å². The van der Waals surface area contributed by atoms with Crippen LogP contribution in [0.15, 0.2) is 22.9 Å². The van der Waals surface area contributed by atoms with Crippen molar-refractivity contribution in [1.29, 1.82) is 0 Å². The van der Waals surface area contributed by atoms with Crippen LogP contribution in [0.25, 0.3) is 0 Å². The Kier molecular flexibility index (Phi) is 5.83. The lowest BCUT2D eigenvalue weighted by Crippen LogP contribution is -2.31. The molecule has 0 bridgehead atoms. The molecule has 2 rings (SSSR count). The Morgan fingerprint density at radius 2 is 2.00 bits per heavy atom. The minimum absolute atomic E-state index is 0.466. The molecule has 1 atom stereocenters. The van der Waals surface area contributed by atoms with E-state index in [1.807, 2.05) is 12.4 Å². The Morgan fingerprint density at radius 1 is 1.26 bits per heavy atom. The molecule has 1 aromatic rings. The van der Waals surface area contributed by atoms with Gasteiger partial charge in [0.15, 0.2) is 0 Å². The summed E-state index contributed by atoms with van der Waals surface area (Å²) in [6.45, 7) is 5.53. The van der Waals surface area contributed by atoms with Crippen molar-refractivity contribution in [2.75, 3.05) is 6.54 Å². The average molecular weight is 325 g/mol. The zero-order valence-corrected chi connectivity index (χ0v) is 13.6. The summed E-state index contributed by atoms with van der Waals surface area (Å²) >= 11 is 3.54. The molecule has 1 fully saturated rings. The molecule has 1 N–H and O–H groups in total.